The van der Waals surface area contributed by atoms with Gasteiger partial charge in [0.05, 0.1) is 0 Å². The largest absolute Gasteiger partial charge is 0.478 e. The average molecular weight is 448 g/mol. The summed E-state index contributed by atoms with van der Waals surface area (Å²) in [5, 5.41) is 15.6. The van der Waals surface area contributed by atoms with Gasteiger partial charge in [0.15, 0.2) is 0 Å². The molecule has 0 saturated carbocycles. The van der Waals surface area contributed by atoms with E-state index in [4.69, 9.17) is 10.2 Å². The summed E-state index contributed by atoms with van der Waals surface area (Å²) >= 11 is 0. The first-order valence-electron chi connectivity index (χ1n) is 10.9. The van der Waals surface area contributed by atoms with Gasteiger partial charge in [-0.25, -0.2) is 9.59 Å². The van der Waals surface area contributed by atoms with Gasteiger partial charge in [0, 0.05) is 38.1 Å². The summed E-state index contributed by atoms with van der Waals surface area (Å²) in [6.07, 6.45) is 15.1. The topological polar surface area (TPSA) is 94.9 Å². The molecule has 6 heteroatoms. The molecule has 0 saturated heterocycles. The van der Waals surface area contributed by atoms with E-state index in [1.807, 2.05) is 6.08 Å². The molecule has 0 atom stereocenters. The fourth-order valence-corrected chi connectivity index (χ4v) is 2.48. The second-order valence-corrected chi connectivity index (χ2v) is 8.02. The van der Waals surface area contributed by atoms with E-state index < -0.39 is 11.9 Å². The van der Waals surface area contributed by atoms with Gasteiger partial charge in [0.1, 0.15) is 5.78 Å². The lowest BCUT2D eigenvalue weighted by Crippen LogP contribution is -2.18. The van der Waals surface area contributed by atoms with Crippen molar-refractivity contribution in [2.75, 3.05) is 20.1 Å². The third kappa shape index (κ3) is 25.3. The molecule has 0 aliphatic carbocycles. The van der Waals surface area contributed by atoms with Crippen LogP contribution in [-0.4, -0.2) is 53.0 Å². The maximum Gasteiger partial charge on any atom is 0.328 e. The van der Waals surface area contributed by atoms with Crippen LogP contribution in [0.3, 0.4) is 0 Å². The molecule has 0 aliphatic rings. The highest BCUT2D eigenvalue weighted by Gasteiger charge is 2.01. The zero-order valence-corrected chi connectivity index (χ0v) is 20.4. The SMILES string of the molecule is C=CCN(C)C/C=C(\C)CC/C=C(\C)CCC(=O)CCC=C(C)C.O=C(O)/C=C/C(=O)O. The van der Waals surface area contributed by atoms with E-state index in [1.54, 1.807) is 0 Å². The minimum absolute atomic E-state index is 0.376. The van der Waals surface area contributed by atoms with Crippen LogP contribution in [0.5, 0.6) is 0 Å². The number of hydrogen-bond acceptors (Lipinski definition) is 4. The average Bonchev–Trinajstić information content (AvgIpc) is 2.69. The van der Waals surface area contributed by atoms with Crippen molar-refractivity contribution in [3.63, 3.8) is 0 Å². The van der Waals surface area contributed by atoms with Crippen molar-refractivity contribution >= 4 is 17.7 Å². The highest BCUT2D eigenvalue weighted by Crippen LogP contribution is 2.12. The summed E-state index contributed by atoms with van der Waals surface area (Å²) in [6.45, 7) is 14.1. The van der Waals surface area contributed by atoms with Crippen LogP contribution in [0.4, 0.5) is 0 Å². The standard InChI is InChI=1S/C22H37NO.C4H4O4/c1-7-17-23(6)18-16-21(5)12-9-11-20(4)14-15-22(24)13-8-10-19(2)3;5-3(6)1-2-4(7)8/h7,10-11,16H,1,8-9,12-15,17-18H2,2-6H3;1-2H,(H,5,6)(H,7,8)/b20-11+,21-16+;2-1+. The summed E-state index contributed by atoms with van der Waals surface area (Å²) in [6, 6.07) is 0. The van der Waals surface area contributed by atoms with Gasteiger partial charge in [0.25, 0.3) is 0 Å². The van der Waals surface area contributed by atoms with Gasteiger partial charge >= 0.3 is 11.9 Å². The predicted molar refractivity (Wildman–Crippen MR) is 132 cm³/mol. The smallest absolute Gasteiger partial charge is 0.328 e. The lowest BCUT2D eigenvalue weighted by molar-refractivity contribution is -0.134. The van der Waals surface area contributed by atoms with E-state index in [1.165, 1.54) is 16.7 Å². The first kappa shape index (κ1) is 31.5. The quantitative estimate of drug-likeness (QED) is 0.251. The molecule has 0 aromatic rings. The fraction of sp³-hybridized carbons (Fsp3) is 0.500. The minimum atomic E-state index is -1.26. The van der Waals surface area contributed by atoms with Gasteiger partial charge < -0.3 is 10.2 Å². The Morgan fingerprint density at radius 3 is 1.78 bits per heavy atom. The van der Waals surface area contributed by atoms with E-state index in [-0.39, 0.29) is 0 Å². The Morgan fingerprint density at radius 2 is 1.28 bits per heavy atom. The molecule has 0 aromatic heterocycles. The number of carboxylic acid groups (broad SMARTS) is 2. The molecular formula is C26H41NO5. The summed E-state index contributed by atoms with van der Waals surface area (Å²) in [4.78, 5) is 33.2. The van der Waals surface area contributed by atoms with Crippen LogP contribution >= 0.6 is 0 Å². The Balaban J connectivity index is 0. The Morgan fingerprint density at radius 1 is 0.750 bits per heavy atom. The van der Waals surface area contributed by atoms with Crippen molar-refractivity contribution in [2.45, 2.75) is 66.2 Å². The van der Waals surface area contributed by atoms with Gasteiger partial charge in [-0.1, -0.05) is 41.0 Å². The van der Waals surface area contributed by atoms with Crippen LogP contribution in [0.25, 0.3) is 0 Å². The highest BCUT2D eigenvalue weighted by molar-refractivity contribution is 5.89. The van der Waals surface area contributed by atoms with Crippen LogP contribution in [0.2, 0.25) is 0 Å². The van der Waals surface area contributed by atoms with Gasteiger partial charge in [-0.3, -0.25) is 9.69 Å². The molecule has 0 bridgehead atoms. The summed E-state index contributed by atoms with van der Waals surface area (Å²) < 4.78 is 0. The van der Waals surface area contributed by atoms with Crippen LogP contribution < -0.4 is 0 Å². The molecule has 32 heavy (non-hydrogen) atoms. The Bertz CT molecular complexity index is 694. The van der Waals surface area contributed by atoms with E-state index in [2.05, 4.69) is 64.4 Å². The highest BCUT2D eigenvalue weighted by atomic mass is 16.4. The molecule has 0 aromatic carbocycles. The van der Waals surface area contributed by atoms with E-state index in [0.717, 1.165) is 38.8 Å². The maximum atomic E-state index is 11.8. The Labute approximate surface area is 193 Å². The number of Topliss-reactive ketones (excluding diaryl/α,β-unsaturated/α-hetero) is 1. The van der Waals surface area contributed by atoms with Gasteiger partial charge in [-0.15, -0.1) is 6.58 Å². The summed E-state index contributed by atoms with van der Waals surface area (Å²) in [5.41, 5.74) is 4.05. The summed E-state index contributed by atoms with van der Waals surface area (Å²) in [7, 11) is 2.10. The molecule has 0 heterocycles. The molecule has 0 amide bonds. The second kappa shape index (κ2) is 20.2. The molecule has 0 aliphatic heterocycles. The van der Waals surface area contributed by atoms with Crippen molar-refractivity contribution in [3.05, 3.63) is 59.8 Å². The Kier molecular flexibility index (Phi) is 19.8. The first-order valence-corrected chi connectivity index (χ1v) is 10.9. The predicted octanol–water partition coefficient (Wildman–Crippen LogP) is 5.58. The lowest BCUT2D eigenvalue weighted by Gasteiger charge is -2.11. The number of carboxylic acids is 2. The molecule has 0 fully saturated rings. The summed E-state index contributed by atoms with van der Waals surface area (Å²) in [5.74, 6) is -2.14. The maximum absolute atomic E-state index is 11.8. The third-order valence-electron chi connectivity index (χ3n) is 4.37. The number of allylic oxidation sites excluding steroid dienone is 5. The number of carbonyl (C=O) groups is 3. The number of nitrogens with zero attached hydrogens (tertiary/aromatic N) is 1. The van der Waals surface area contributed by atoms with Crippen molar-refractivity contribution in [3.8, 4) is 0 Å². The monoisotopic (exact) mass is 447 g/mol. The second-order valence-electron chi connectivity index (χ2n) is 8.02. The molecule has 0 rings (SSSR count). The van der Waals surface area contributed by atoms with E-state index in [9.17, 15) is 14.4 Å². The van der Waals surface area contributed by atoms with Gasteiger partial charge in [-0.05, 0) is 60.4 Å². The molecule has 2 N–H and O–H groups in total. The third-order valence-corrected chi connectivity index (χ3v) is 4.37. The normalized spacial score (nSPS) is 11.7. The number of aliphatic carboxylic acids is 2. The van der Waals surface area contributed by atoms with Crippen LogP contribution in [0, 0.1) is 0 Å². The Hall–Kier alpha value is -2.73. The van der Waals surface area contributed by atoms with Gasteiger partial charge in [0.2, 0.25) is 0 Å². The molecule has 0 unspecified atom stereocenters. The zero-order chi connectivity index (χ0) is 24.9. The molecule has 180 valence electrons. The van der Waals surface area contributed by atoms with Crippen molar-refractivity contribution in [1.82, 2.24) is 4.90 Å². The number of rotatable bonds is 15. The molecule has 6 nitrogen and oxygen atoms in total. The number of hydrogen-bond donors (Lipinski definition) is 2. The van der Waals surface area contributed by atoms with E-state index >= 15 is 0 Å². The molecule has 0 spiro atoms. The fourth-order valence-electron chi connectivity index (χ4n) is 2.48. The zero-order valence-electron chi connectivity index (χ0n) is 20.4. The van der Waals surface area contributed by atoms with Crippen molar-refractivity contribution in [2.24, 2.45) is 0 Å². The molecular weight excluding hydrogens is 406 g/mol. The van der Waals surface area contributed by atoms with Crippen molar-refractivity contribution in [1.29, 1.82) is 0 Å². The lowest BCUT2D eigenvalue weighted by atomic mass is 10.0. The minimum Gasteiger partial charge on any atom is -0.478 e. The number of likely N-dealkylation sites (N-methyl/N-ethyl adjacent to an activating group) is 1. The van der Waals surface area contributed by atoms with Crippen LogP contribution in [0.1, 0.15) is 66.2 Å². The number of carbonyl (C=O) groups excluding carboxylic acids is 1. The van der Waals surface area contributed by atoms with Crippen LogP contribution in [0.15, 0.2) is 59.8 Å². The molecule has 0 radical (unpaired) electrons. The van der Waals surface area contributed by atoms with Crippen molar-refractivity contribution < 1.29 is 24.6 Å². The first-order chi connectivity index (χ1) is 15.0. The number of ketones is 1. The van der Waals surface area contributed by atoms with Gasteiger partial charge in [-0.2, -0.15) is 0 Å². The van der Waals surface area contributed by atoms with Crippen LogP contribution in [-0.2, 0) is 14.4 Å². The van der Waals surface area contributed by atoms with E-state index in [0.29, 0.717) is 30.8 Å².